The van der Waals surface area contributed by atoms with Gasteiger partial charge in [-0.1, -0.05) is 19.8 Å². The van der Waals surface area contributed by atoms with Crippen molar-refractivity contribution < 1.29 is 9.53 Å². The van der Waals surface area contributed by atoms with E-state index in [2.05, 4.69) is 6.92 Å². The number of rotatable bonds is 6. The van der Waals surface area contributed by atoms with E-state index in [0.717, 1.165) is 12.8 Å². The molecular formula is C13H26N2O2. The zero-order valence-electron chi connectivity index (χ0n) is 11.1. The Balaban J connectivity index is 2.17. The maximum atomic E-state index is 11.0. The fourth-order valence-electron chi connectivity index (χ4n) is 2.33. The molecule has 100 valence electrons. The number of hydrogen-bond acceptors (Lipinski definition) is 3. The first-order valence-electron chi connectivity index (χ1n) is 6.64. The van der Waals surface area contributed by atoms with Crippen molar-refractivity contribution in [3.63, 3.8) is 0 Å². The van der Waals surface area contributed by atoms with Gasteiger partial charge in [-0.3, -0.25) is 4.79 Å². The molecule has 1 saturated carbocycles. The maximum absolute atomic E-state index is 11.0. The number of amides is 1. The topological polar surface area (TPSA) is 78.3 Å². The second-order valence-electron chi connectivity index (χ2n) is 5.56. The Morgan fingerprint density at radius 1 is 1.41 bits per heavy atom. The molecular weight excluding hydrogens is 216 g/mol. The molecule has 0 heterocycles. The summed E-state index contributed by atoms with van der Waals surface area (Å²) >= 11 is 0. The lowest BCUT2D eigenvalue weighted by atomic mass is 9.88. The lowest BCUT2D eigenvalue weighted by Gasteiger charge is -2.29. The molecule has 0 aromatic heterocycles. The van der Waals surface area contributed by atoms with Crippen molar-refractivity contribution in [1.29, 1.82) is 0 Å². The first-order chi connectivity index (χ1) is 7.93. The van der Waals surface area contributed by atoms with Crippen molar-refractivity contribution in [2.75, 3.05) is 6.61 Å². The highest BCUT2D eigenvalue weighted by Crippen LogP contribution is 2.26. The van der Waals surface area contributed by atoms with Gasteiger partial charge in [0.1, 0.15) is 0 Å². The molecule has 0 radical (unpaired) electrons. The Kier molecular flexibility index (Phi) is 5.40. The van der Waals surface area contributed by atoms with Crippen LogP contribution in [0, 0.1) is 5.92 Å². The summed E-state index contributed by atoms with van der Waals surface area (Å²) in [7, 11) is 0. The van der Waals surface area contributed by atoms with Crippen LogP contribution in [0.2, 0.25) is 0 Å². The Labute approximate surface area is 104 Å². The summed E-state index contributed by atoms with van der Waals surface area (Å²) in [6, 6.07) is 0. The second-order valence-corrected chi connectivity index (χ2v) is 5.56. The SMILES string of the molecule is CC1CCCCC1OCCCC(C)(N)C(N)=O. The molecule has 3 atom stereocenters. The molecule has 4 nitrogen and oxygen atoms in total. The van der Waals surface area contributed by atoms with E-state index in [1.165, 1.54) is 19.3 Å². The smallest absolute Gasteiger partial charge is 0.237 e. The lowest BCUT2D eigenvalue weighted by Crippen LogP contribution is -2.49. The van der Waals surface area contributed by atoms with Crippen LogP contribution >= 0.6 is 0 Å². The molecule has 4 heteroatoms. The Morgan fingerprint density at radius 3 is 2.65 bits per heavy atom. The predicted molar refractivity (Wildman–Crippen MR) is 68.4 cm³/mol. The minimum atomic E-state index is -0.901. The molecule has 3 unspecified atom stereocenters. The van der Waals surface area contributed by atoms with E-state index in [0.29, 0.717) is 25.0 Å². The third-order valence-electron chi connectivity index (χ3n) is 3.77. The van der Waals surface area contributed by atoms with Crippen LogP contribution in [-0.2, 0) is 9.53 Å². The number of hydrogen-bond donors (Lipinski definition) is 2. The van der Waals surface area contributed by atoms with Crippen LogP contribution < -0.4 is 11.5 Å². The highest BCUT2D eigenvalue weighted by molar-refractivity contribution is 5.83. The largest absolute Gasteiger partial charge is 0.378 e. The molecule has 1 fully saturated rings. The van der Waals surface area contributed by atoms with E-state index in [1.807, 2.05) is 0 Å². The number of carbonyl (C=O) groups excluding carboxylic acids is 1. The number of ether oxygens (including phenoxy) is 1. The average molecular weight is 242 g/mol. The summed E-state index contributed by atoms with van der Waals surface area (Å²) in [6.07, 6.45) is 6.79. The minimum Gasteiger partial charge on any atom is -0.378 e. The third-order valence-corrected chi connectivity index (χ3v) is 3.77. The maximum Gasteiger partial charge on any atom is 0.237 e. The van der Waals surface area contributed by atoms with Crippen molar-refractivity contribution in [3.05, 3.63) is 0 Å². The summed E-state index contributed by atoms with van der Waals surface area (Å²) in [5, 5.41) is 0. The van der Waals surface area contributed by atoms with E-state index in [9.17, 15) is 4.79 Å². The summed E-state index contributed by atoms with van der Waals surface area (Å²) < 4.78 is 5.86. The van der Waals surface area contributed by atoms with Gasteiger partial charge < -0.3 is 16.2 Å². The molecule has 0 aliphatic heterocycles. The van der Waals surface area contributed by atoms with Gasteiger partial charge in [0, 0.05) is 6.61 Å². The summed E-state index contributed by atoms with van der Waals surface area (Å²) in [5.74, 6) is 0.215. The van der Waals surface area contributed by atoms with Gasteiger partial charge in [-0.25, -0.2) is 0 Å². The molecule has 0 aromatic carbocycles. The van der Waals surface area contributed by atoms with Gasteiger partial charge in [-0.05, 0) is 38.5 Å². The Hall–Kier alpha value is -0.610. The molecule has 17 heavy (non-hydrogen) atoms. The van der Waals surface area contributed by atoms with Crippen LogP contribution in [0.15, 0.2) is 0 Å². The molecule has 0 saturated heterocycles. The van der Waals surface area contributed by atoms with Gasteiger partial charge in [0.25, 0.3) is 0 Å². The van der Waals surface area contributed by atoms with E-state index in [4.69, 9.17) is 16.2 Å². The molecule has 1 aliphatic rings. The molecule has 1 rings (SSSR count). The molecule has 0 bridgehead atoms. The van der Waals surface area contributed by atoms with E-state index >= 15 is 0 Å². The summed E-state index contributed by atoms with van der Waals surface area (Å²) in [5.41, 5.74) is 10.1. The molecule has 0 aromatic rings. The van der Waals surface area contributed by atoms with Crippen LogP contribution in [-0.4, -0.2) is 24.2 Å². The summed E-state index contributed by atoms with van der Waals surface area (Å²) in [4.78, 5) is 11.0. The Bertz CT molecular complexity index is 254. The summed E-state index contributed by atoms with van der Waals surface area (Å²) in [6.45, 7) is 4.61. The van der Waals surface area contributed by atoms with Crippen molar-refractivity contribution >= 4 is 5.91 Å². The van der Waals surface area contributed by atoms with E-state index in [-0.39, 0.29) is 0 Å². The predicted octanol–water partition coefficient (Wildman–Crippen LogP) is 1.56. The second kappa shape index (κ2) is 6.36. The van der Waals surface area contributed by atoms with Crippen LogP contribution in [0.25, 0.3) is 0 Å². The van der Waals surface area contributed by atoms with Gasteiger partial charge in [0.15, 0.2) is 0 Å². The minimum absolute atomic E-state index is 0.390. The molecule has 1 aliphatic carbocycles. The van der Waals surface area contributed by atoms with Gasteiger partial charge in [-0.15, -0.1) is 0 Å². The van der Waals surface area contributed by atoms with Crippen LogP contribution in [0.5, 0.6) is 0 Å². The van der Waals surface area contributed by atoms with Crippen LogP contribution in [0.3, 0.4) is 0 Å². The van der Waals surface area contributed by atoms with Crippen LogP contribution in [0.4, 0.5) is 0 Å². The van der Waals surface area contributed by atoms with Crippen molar-refractivity contribution in [2.24, 2.45) is 17.4 Å². The fourth-order valence-corrected chi connectivity index (χ4v) is 2.33. The van der Waals surface area contributed by atoms with Crippen molar-refractivity contribution in [2.45, 2.75) is 64.0 Å². The zero-order chi connectivity index (χ0) is 12.9. The van der Waals surface area contributed by atoms with Gasteiger partial charge >= 0.3 is 0 Å². The zero-order valence-corrected chi connectivity index (χ0v) is 11.1. The number of carbonyl (C=O) groups is 1. The van der Waals surface area contributed by atoms with E-state index < -0.39 is 11.4 Å². The average Bonchev–Trinajstić information content (AvgIpc) is 2.26. The molecule has 1 amide bonds. The fraction of sp³-hybridized carbons (Fsp3) is 0.923. The van der Waals surface area contributed by atoms with Crippen LogP contribution in [0.1, 0.15) is 52.4 Å². The molecule has 0 spiro atoms. The van der Waals surface area contributed by atoms with Crippen molar-refractivity contribution in [1.82, 2.24) is 0 Å². The first-order valence-corrected chi connectivity index (χ1v) is 6.64. The first kappa shape index (κ1) is 14.5. The Morgan fingerprint density at radius 2 is 2.06 bits per heavy atom. The standard InChI is InChI=1S/C13H26N2O2/c1-10-6-3-4-7-11(10)17-9-5-8-13(2,15)12(14)16/h10-11H,3-9,15H2,1-2H3,(H2,14,16). The number of nitrogens with two attached hydrogens (primary N) is 2. The normalized spacial score (nSPS) is 28.6. The lowest BCUT2D eigenvalue weighted by molar-refractivity contribution is -0.123. The third kappa shape index (κ3) is 4.64. The van der Waals surface area contributed by atoms with Gasteiger partial charge in [0.2, 0.25) is 5.91 Å². The van der Waals surface area contributed by atoms with Gasteiger partial charge in [-0.2, -0.15) is 0 Å². The highest BCUT2D eigenvalue weighted by atomic mass is 16.5. The quantitative estimate of drug-likeness (QED) is 0.694. The van der Waals surface area contributed by atoms with Gasteiger partial charge in [0.05, 0.1) is 11.6 Å². The van der Waals surface area contributed by atoms with Crippen molar-refractivity contribution in [3.8, 4) is 0 Å². The monoisotopic (exact) mass is 242 g/mol. The highest BCUT2D eigenvalue weighted by Gasteiger charge is 2.25. The number of primary amides is 1. The molecule has 4 N–H and O–H groups in total. The van der Waals surface area contributed by atoms with E-state index in [1.54, 1.807) is 6.92 Å².